The second-order valence-corrected chi connectivity index (χ2v) is 6.80. The first kappa shape index (κ1) is 17.4. The number of nitrogens with zero attached hydrogens (tertiary/aromatic N) is 2. The van der Waals surface area contributed by atoms with Crippen LogP contribution in [0.2, 0.25) is 0 Å². The van der Waals surface area contributed by atoms with E-state index in [-0.39, 0.29) is 17.7 Å². The zero-order valence-corrected chi connectivity index (χ0v) is 15.0. The first-order valence-corrected chi connectivity index (χ1v) is 8.67. The standard InChI is InChI=1S/C21H24N2O2/c1-15-19(22(2)3)13-14-23(15)21(25)18-12-8-7-11-17(18)20(24)16-9-5-4-6-10-16/h4-12,15,19H,13-14H2,1-3H3/t15-,19+/m0/s1. The number of amides is 1. The van der Waals surface area contributed by atoms with Crippen molar-refractivity contribution in [1.29, 1.82) is 0 Å². The van der Waals surface area contributed by atoms with E-state index in [1.165, 1.54) is 0 Å². The zero-order chi connectivity index (χ0) is 18.0. The lowest BCUT2D eigenvalue weighted by atomic mass is 9.97. The highest BCUT2D eigenvalue weighted by atomic mass is 16.2. The number of benzene rings is 2. The van der Waals surface area contributed by atoms with Gasteiger partial charge in [0, 0.05) is 29.8 Å². The largest absolute Gasteiger partial charge is 0.334 e. The van der Waals surface area contributed by atoms with Gasteiger partial charge in [-0.2, -0.15) is 0 Å². The number of ketones is 1. The summed E-state index contributed by atoms with van der Waals surface area (Å²) in [5, 5.41) is 0. The van der Waals surface area contributed by atoms with Gasteiger partial charge >= 0.3 is 0 Å². The fourth-order valence-corrected chi connectivity index (χ4v) is 3.67. The predicted octanol–water partition coefficient (Wildman–Crippen LogP) is 3.08. The van der Waals surface area contributed by atoms with Crippen LogP contribution in [-0.2, 0) is 0 Å². The van der Waals surface area contributed by atoms with Crippen molar-refractivity contribution in [2.24, 2.45) is 0 Å². The Kier molecular flexibility index (Phi) is 5.00. The molecular weight excluding hydrogens is 312 g/mol. The average molecular weight is 336 g/mol. The smallest absolute Gasteiger partial charge is 0.254 e. The number of rotatable bonds is 4. The zero-order valence-electron chi connectivity index (χ0n) is 15.0. The second kappa shape index (κ2) is 7.19. The van der Waals surface area contributed by atoms with Crippen LogP contribution >= 0.6 is 0 Å². The van der Waals surface area contributed by atoms with E-state index in [9.17, 15) is 9.59 Å². The molecule has 2 aromatic carbocycles. The number of likely N-dealkylation sites (N-methyl/N-ethyl adjacent to an activating group) is 1. The normalized spacial score (nSPS) is 20.1. The molecular formula is C21H24N2O2. The van der Waals surface area contributed by atoms with Gasteiger partial charge in [-0.1, -0.05) is 48.5 Å². The molecule has 1 fully saturated rings. The molecule has 1 aliphatic rings. The lowest BCUT2D eigenvalue weighted by Gasteiger charge is -2.28. The highest BCUT2D eigenvalue weighted by Crippen LogP contribution is 2.25. The summed E-state index contributed by atoms with van der Waals surface area (Å²) in [7, 11) is 4.09. The molecule has 2 aromatic rings. The lowest BCUT2D eigenvalue weighted by Crippen LogP contribution is -2.42. The fraction of sp³-hybridized carbons (Fsp3) is 0.333. The highest BCUT2D eigenvalue weighted by molar-refractivity contribution is 6.15. The number of hydrogen-bond donors (Lipinski definition) is 0. The molecule has 2 atom stereocenters. The minimum Gasteiger partial charge on any atom is -0.334 e. The quantitative estimate of drug-likeness (QED) is 0.806. The maximum atomic E-state index is 13.1. The summed E-state index contributed by atoms with van der Waals surface area (Å²) in [6.07, 6.45) is 0.953. The van der Waals surface area contributed by atoms with Crippen molar-refractivity contribution >= 4 is 11.7 Å². The van der Waals surface area contributed by atoms with Gasteiger partial charge in [0.15, 0.2) is 5.78 Å². The Morgan fingerprint density at radius 3 is 2.16 bits per heavy atom. The van der Waals surface area contributed by atoms with Crippen LogP contribution in [-0.4, -0.2) is 54.2 Å². The molecule has 1 amide bonds. The first-order chi connectivity index (χ1) is 12.0. The molecule has 1 heterocycles. The van der Waals surface area contributed by atoms with Gasteiger partial charge in [0.1, 0.15) is 0 Å². The van der Waals surface area contributed by atoms with E-state index < -0.39 is 0 Å². The predicted molar refractivity (Wildman–Crippen MR) is 98.9 cm³/mol. The van der Waals surface area contributed by atoms with E-state index in [4.69, 9.17) is 0 Å². The van der Waals surface area contributed by atoms with Gasteiger partial charge in [0.2, 0.25) is 0 Å². The van der Waals surface area contributed by atoms with Crippen LogP contribution in [0, 0.1) is 0 Å². The van der Waals surface area contributed by atoms with Crippen LogP contribution < -0.4 is 0 Å². The SMILES string of the molecule is C[C@H]1[C@H](N(C)C)CCN1C(=O)c1ccccc1C(=O)c1ccccc1. The highest BCUT2D eigenvalue weighted by Gasteiger charge is 2.36. The summed E-state index contributed by atoms with van der Waals surface area (Å²) in [5.41, 5.74) is 1.56. The molecule has 130 valence electrons. The van der Waals surface area contributed by atoms with E-state index in [0.717, 1.165) is 13.0 Å². The van der Waals surface area contributed by atoms with Gasteiger partial charge in [-0.25, -0.2) is 0 Å². The number of likely N-dealkylation sites (tertiary alicyclic amines) is 1. The summed E-state index contributed by atoms with van der Waals surface area (Å²) < 4.78 is 0. The topological polar surface area (TPSA) is 40.6 Å². The molecule has 3 rings (SSSR count). The summed E-state index contributed by atoms with van der Waals surface area (Å²) in [4.78, 5) is 30.1. The maximum absolute atomic E-state index is 13.1. The van der Waals surface area contributed by atoms with Gasteiger partial charge in [-0.15, -0.1) is 0 Å². The van der Waals surface area contributed by atoms with Crippen molar-refractivity contribution in [2.75, 3.05) is 20.6 Å². The van der Waals surface area contributed by atoms with E-state index in [0.29, 0.717) is 22.7 Å². The fourth-order valence-electron chi connectivity index (χ4n) is 3.67. The molecule has 0 unspecified atom stereocenters. The summed E-state index contributed by atoms with van der Waals surface area (Å²) in [6.45, 7) is 2.80. The van der Waals surface area contributed by atoms with Crippen molar-refractivity contribution < 1.29 is 9.59 Å². The average Bonchev–Trinajstić information content (AvgIpc) is 3.03. The molecule has 0 N–H and O–H groups in total. The Balaban J connectivity index is 1.91. The van der Waals surface area contributed by atoms with Crippen LogP contribution in [0.25, 0.3) is 0 Å². The van der Waals surface area contributed by atoms with Gasteiger partial charge in [0.05, 0.1) is 5.56 Å². The minimum absolute atomic E-state index is 0.0586. The summed E-state index contributed by atoms with van der Waals surface area (Å²) in [6, 6.07) is 16.7. The molecule has 4 heteroatoms. The van der Waals surface area contributed by atoms with E-state index >= 15 is 0 Å². The molecule has 0 aromatic heterocycles. The Hall–Kier alpha value is -2.46. The van der Waals surface area contributed by atoms with Crippen LogP contribution in [0.4, 0.5) is 0 Å². The van der Waals surface area contributed by atoms with Gasteiger partial charge < -0.3 is 9.80 Å². The number of carbonyl (C=O) groups excluding carboxylic acids is 2. The van der Waals surface area contributed by atoms with Crippen molar-refractivity contribution in [2.45, 2.75) is 25.4 Å². The first-order valence-electron chi connectivity index (χ1n) is 8.67. The van der Waals surface area contributed by atoms with Crippen molar-refractivity contribution in [3.63, 3.8) is 0 Å². The molecule has 0 spiro atoms. The number of carbonyl (C=O) groups is 2. The third-order valence-electron chi connectivity index (χ3n) is 5.08. The molecule has 4 nitrogen and oxygen atoms in total. The van der Waals surface area contributed by atoms with Crippen molar-refractivity contribution in [1.82, 2.24) is 9.80 Å². The molecule has 0 saturated carbocycles. The molecule has 0 bridgehead atoms. The van der Waals surface area contributed by atoms with Crippen LogP contribution in [0.5, 0.6) is 0 Å². The Morgan fingerprint density at radius 2 is 1.56 bits per heavy atom. The molecule has 25 heavy (non-hydrogen) atoms. The molecule has 0 radical (unpaired) electrons. The van der Waals surface area contributed by atoms with Gasteiger partial charge in [0.25, 0.3) is 5.91 Å². The van der Waals surface area contributed by atoms with Crippen LogP contribution in [0.1, 0.15) is 39.6 Å². The summed E-state index contributed by atoms with van der Waals surface area (Å²) in [5.74, 6) is -0.169. The van der Waals surface area contributed by atoms with Crippen molar-refractivity contribution in [3.05, 3.63) is 71.3 Å². The van der Waals surface area contributed by atoms with E-state index in [1.807, 2.05) is 49.3 Å². The maximum Gasteiger partial charge on any atom is 0.254 e. The number of hydrogen-bond acceptors (Lipinski definition) is 3. The van der Waals surface area contributed by atoms with Crippen LogP contribution in [0.3, 0.4) is 0 Å². The lowest BCUT2D eigenvalue weighted by molar-refractivity contribution is 0.0717. The Labute approximate surface area is 149 Å². The molecule has 0 aliphatic carbocycles. The van der Waals surface area contributed by atoms with Gasteiger partial charge in [-0.3, -0.25) is 9.59 Å². The second-order valence-electron chi connectivity index (χ2n) is 6.80. The molecule has 1 aliphatic heterocycles. The van der Waals surface area contributed by atoms with E-state index in [1.54, 1.807) is 24.3 Å². The van der Waals surface area contributed by atoms with Crippen LogP contribution in [0.15, 0.2) is 54.6 Å². The summed E-state index contributed by atoms with van der Waals surface area (Å²) >= 11 is 0. The van der Waals surface area contributed by atoms with Crippen molar-refractivity contribution in [3.8, 4) is 0 Å². The van der Waals surface area contributed by atoms with E-state index in [2.05, 4.69) is 11.8 Å². The monoisotopic (exact) mass is 336 g/mol. The third kappa shape index (κ3) is 3.35. The Morgan fingerprint density at radius 1 is 0.960 bits per heavy atom. The Bertz CT molecular complexity index is 770. The van der Waals surface area contributed by atoms with Gasteiger partial charge in [-0.05, 0) is 33.5 Å². The molecule has 1 saturated heterocycles. The minimum atomic E-state index is -0.111. The third-order valence-corrected chi connectivity index (χ3v) is 5.08.